The molecule has 0 amide bonds. The van der Waals surface area contributed by atoms with E-state index in [1.807, 2.05) is 13.0 Å². The van der Waals surface area contributed by atoms with Gasteiger partial charge in [-0.25, -0.2) is 4.98 Å². The highest BCUT2D eigenvalue weighted by Gasteiger charge is 2.07. The topological polar surface area (TPSA) is 34.1 Å². The third kappa shape index (κ3) is 3.16. The van der Waals surface area contributed by atoms with Crippen molar-refractivity contribution in [1.29, 1.82) is 0 Å². The number of methoxy groups -OCH3 is 1. The summed E-state index contributed by atoms with van der Waals surface area (Å²) in [5.41, 5.74) is 3.48. The van der Waals surface area contributed by atoms with Crippen LogP contribution in [0.5, 0.6) is 5.75 Å². The summed E-state index contributed by atoms with van der Waals surface area (Å²) in [6.07, 6.45) is 0.999. The normalized spacial score (nSPS) is 10.8. The van der Waals surface area contributed by atoms with Crippen LogP contribution in [0.25, 0.3) is 10.2 Å². The molecule has 0 radical (unpaired) electrons. The fraction of sp³-hybridized carbons (Fsp3) is 0.235. The predicted octanol–water partition coefficient (Wildman–Crippen LogP) is 4.27. The zero-order valence-electron chi connectivity index (χ0n) is 12.2. The van der Waals surface area contributed by atoms with Gasteiger partial charge in [-0.05, 0) is 36.6 Å². The number of thiazole rings is 1. The molecule has 0 atom stereocenters. The minimum atomic E-state index is 0.889. The highest BCUT2D eigenvalue weighted by atomic mass is 32.1. The Kier molecular flexibility index (Phi) is 4.06. The number of rotatable bonds is 5. The van der Waals surface area contributed by atoms with Gasteiger partial charge in [-0.1, -0.05) is 41.7 Å². The Morgan fingerprint density at radius 2 is 2.00 bits per heavy atom. The van der Waals surface area contributed by atoms with E-state index in [1.54, 1.807) is 18.4 Å². The van der Waals surface area contributed by atoms with E-state index in [0.29, 0.717) is 0 Å². The van der Waals surface area contributed by atoms with E-state index in [9.17, 15) is 0 Å². The van der Waals surface area contributed by atoms with E-state index in [-0.39, 0.29) is 0 Å². The van der Waals surface area contributed by atoms with Crippen molar-refractivity contribution < 1.29 is 4.74 Å². The van der Waals surface area contributed by atoms with Gasteiger partial charge in [-0.2, -0.15) is 0 Å². The SMILES string of the molecule is COc1cc2sc(NCCc3ccccc3)nc2cc1C. The zero-order chi connectivity index (χ0) is 14.7. The molecule has 0 unspecified atom stereocenters. The highest BCUT2D eigenvalue weighted by Crippen LogP contribution is 2.31. The van der Waals surface area contributed by atoms with Crippen LogP contribution in [0.1, 0.15) is 11.1 Å². The smallest absolute Gasteiger partial charge is 0.183 e. The molecule has 4 heteroatoms. The molecule has 1 N–H and O–H groups in total. The van der Waals surface area contributed by atoms with E-state index in [4.69, 9.17) is 4.74 Å². The maximum atomic E-state index is 5.36. The van der Waals surface area contributed by atoms with E-state index < -0.39 is 0 Å². The Balaban J connectivity index is 1.70. The predicted molar refractivity (Wildman–Crippen MR) is 89.5 cm³/mol. The molecule has 0 aliphatic heterocycles. The van der Waals surface area contributed by atoms with E-state index in [1.165, 1.54) is 5.56 Å². The number of ether oxygens (including phenoxy) is 1. The summed E-state index contributed by atoms with van der Waals surface area (Å²) in [7, 11) is 1.70. The Bertz CT molecular complexity index is 737. The molecule has 1 heterocycles. The van der Waals surface area contributed by atoms with Crippen LogP contribution in [-0.4, -0.2) is 18.6 Å². The Labute approximate surface area is 128 Å². The number of nitrogens with zero attached hydrogens (tertiary/aromatic N) is 1. The first-order chi connectivity index (χ1) is 10.3. The monoisotopic (exact) mass is 298 g/mol. The molecule has 3 nitrogen and oxygen atoms in total. The summed E-state index contributed by atoms with van der Waals surface area (Å²) in [6, 6.07) is 14.6. The first kappa shape index (κ1) is 13.9. The van der Waals surface area contributed by atoms with Crippen molar-refractivity contribution in [2.45, 2.75) is 13.3 Å². The molecule has 21 heavy (non-hydrogen) atoms. The van der Waals surface area contributed by atoms with E-state index >= 15 is 0 Å². The molecule has 0 saturated carbocycles. The lowest BCUT2D eigenvalue weighted by atomic mass is 10.1. The number of aryl methyl sites for hydroxylation is 1. The molecule has 0 aliphatic rings. The third-order valence-corrected chi connectivity index (χ3v) is 4.41. The number of benzene rings is 2. The number of fused-ring (bicyclic) bond motifs is 1. The van der Waals surface area contributed by atoms with Crippen molar-refractivity contribution >= 4 is 26.7 Å². The molecule has 0 bridgehead atoms. The molecule has 0 aliphatic carbocycles. The molecule has 3 rings (SSSR count). The molecule has 2 aromatic carbocycles. The lowest BCUT2D eigenvalue weighted by Gasteiger charge is -2.02. The fourth-order valence-electron chi connectivity index (χ4n) is 2.31. The van der Waals surface area contributed by atoms with Crippen LogP contribution >= 0.6 is 11.3 Å². The van der Waals surface area contributed by atoms with Gasteiger partial charge in [0.2, 0.25) is 0 Å². The third-order valence-electron chi connectivity index (χ3n) is 3.44. The Morgan fingerprint density at radius 1 is 1.19 bits per heavy atom. The summed E-state index contributed by atoms with van der Waals surface area (Å²) >= 11 is 1.67. The molecular formula is C17H18N2OS. The first-order valence-corrected chi connectivity index (χ1v) is 7.81. The van der Waals surface area contributed by atoms with E-state index in [2.05, 4.69) is 46.7 Å². The van der Waals surface area contributed by atoms with Gasteiger partial charge in [-0.3, -0.25) is 0 Å². The summed E-state index contributed by atoms with van der Waals surface area (Å²) in [5, 5.41) is 4.37. The zero-order valence-corrected chi connectivity index (χ0v) is 13.0. The molecule has 0 saturated heterocycles. The van der Waals surface area contributed by atoms with Crippen LogP contribution in [0.2, 0.25) is 0 Å². The number of aromatic nitrogens is 1. The summed E-state index contributed by atoms with van der Waals surface area (Å²) in [5.74, 6) is 0.919. The average molecular weight is 298 g/mol. The van der Waals surface area contributed by atoms with E-state index in [0.717, 1.165) is 39.6 Å². The van der Waals surface area contributed by atoms with Gasteiger partial charge in [0.05, 0.1) is 17.3 Å². The van der Waals surface area contributed by atoms with Crippen LogP contribution in [-0.2, 0) is 6.42 Å². The van der Waals surface area contributed by atoms with Gasteiger partial charge < -0.3 is 10.1 Å². The van der Waals surface area contributed by atoms with Crippen LogP contribution in [0, 0.1) is 6.92 Å². The van der Waals surface area contributed by atoms with Gasteiger partial charge in [-0.15, -0.1) is 0 Å². The molecule has 1 aromatic heterocycles. The largest absolute Gasteiger partial charge is 0.496 e. The van der Waals surface area contributed by atoms with Crippen molar-refractivity contribution in [3.05, 3.63) is 53.6 Å². The maximum absolute atomic E-state index is 5.36. The quantitative estimate of drug-likeness (QED) is 0.764. The molecule has 108 valence electrons. The average Bonchev–Trinajstić information content (AvgIpc) is 2.89. The molecule has 3 aromatic rings. The van der Waals surface area contributed by atoms with Gasteiger partial charge in [0.1, 0.15) is 5.75 Å². The van der Waals surface area contributed by atoms with Crippen molar-refractivity contribution in [2.24, 2.45) is 0 Å². The lowest BCUT2D eigenvalue weighted by Crippen LogP contribution is -2.04. The first-order valence-electron chi connectivity index (χ1n) is 6.99. The van der Waals surface area contributed by atoms with Crippen LogP contribution in [0.15, 0.2) is 42.5 Å². The second-order valence-electron chi connectivity index (χ2n) is 4.97. The minimum Gasteiger partial charge on any atom is -0.496 e. The number of nitrogens with one attached hydrogen (secondary N) is 1. The summed E-state index contributed by atoms with van der Waals surface area (Å²) in [4.78, 5) is 4.63. The van der Waals surface area contributed by atoms with Crippen molar-refractivity contribution in [3.8, 4) is 5.75 Å². The van der Waals surface area contributed by atoms with Crippen molar-refractivity contribution in [3.63, 3.8) is 0 Å². The van der Waals surface area contributed by atoms with Gasteiger partial charge in [0.25, 0.3) is 0 Å². The molecule has 0 fully saturated rings. The fourth-order valence-corrected chi connectivity index (χ4v) is 3.22. The second-order valence-corrected chi connectivity index (χ2v) is 6.00. The van der Waals surface area contributed by atoms with Gasteiger partial charge in [0.15, 0.2) is 5.13 Å². The molecular weight excluding hydrogens is 280 g/mol. The Hall–Kier alpha value is -2.07. The van der Waals surface area contributed by atoms with Crippen LogP contribution in [0.4, 0.5) is 5.13 Å². The van der Waals surface area contributed by atoms with Crippen LogP contribution < -0.4 is 10.1 Å². The summed E-state index contributed by atoms with van der Waals surface area (Å²) < 4.78 is 6.51. The lowest BCUT2D eigenvalue weighted by molar-refractivity contribution is 0.412. The van der Waals surface area contributed by atoms with Gasteiger partial charge >= 0.3 is 0 Å². The van der Waals surface area contributed by atoms with Crippen molar-refractivity contribution in [1.82, 2.24) is 4.98 Å². The molecule has 0 spiro atoms. The summed E-state index contributed by atoms with van der Waals surface area (Å²) in [6.45, 7) is 2.93. The van der Waals surface area contributed by atoms with Crippen LogP contribution in [0.3, 0.4) is 0 Å². The minimum absolute atomic E-state index is 0.889. The number of hydrogen-bond acceptors (Lipinski definition) is 4. The Morgan fingerprint density at radius 3 is 2.76 bits per heavy atom. The standard InChI is InChI=1S/C17H18N2OS/c1-12-10-14-16(11-15(12)20-2)21-17(19-14)18-9-8-13-6-4-3-5-7-13/h3-7,10-11H,8-9H2,1-2H3,(H,18,19). The highest BCUT2D eigenvalue weighted by molar-refractivity contribution is 7.22. The van der Waals surface area contributed by atoms with Gasteiger partial charge in [0, 0.05) is 6.54 Å². The second kappa shape index (κ2) is 6.14. The number of hydrogen-bond donors (Lipinski definition) is 1. The van der Waals surface area contributed by atoms with Crippen molar-refractivity contribution in [2.75, 3.05) is 19.0 Å². The maximum Gasteiger partial charge on any atom is 0.183 e. The number of anilines is 1.